The van der Waals surface area contributed by atoms with Gasteiger partial charge in [-0.3, -0.25) is 4.79 Å². The number of carbonyl (C=O) groups excluding carboxylic acids is 2. The van der Waals surface area contributed by atoms with Crippen molar-refractivity contribution in [3.05, 3.63) is 12.7 Å². The second kappa shape index (κ2) is 8.34. The van der Waals surface area contributed by atoms with Crippen LogP contribution in [0.25, 0.3) is 0 Å². The molecule has 1 unspecified atom stereocenters. The van der Waals surface area contributed by atoms with E-state index in [1.165, 1.54) is 7.11 Å². The maximum Gasteiger partial charge on any atom is 0.410 e. The summed E-state index contributed by atoms with van der Waals surface area (Å²) in [6, 6.07) is -0.302. The highest BCUT2D eigenvalue weighted by molar-refractivity contribution is 5.75. The number of carbonyl (C=O) groups is 2. The third-order valence-corrected chi connectivity index (χ3v) is 3.88. The Hall–Kier alpha value is -1.56. The Balaban J connectivity index is 2.74. The van der Waals surface area contributed by atoms with Crippen LogP contribution in [0.4, 0.5) is 4.79 Å². The maximum absolute atomic E-state index is 12.5. The fourth-order valence-electron chi connectivity index (χ4n) is 2.77. The molecule has 1 saturated heterocycles. The van der Waals surface area contributed by atoms with E-state index in [-0.39, 0.29) is 24.1 Å². The molecule has 6 heteroatoms. The second-order valence-electron chi connectivity index (χ2n) is 6.95. The molecule has 1 N–H and O–H groups in total. The Morgan fingerprint density at radius 1 is 1.35 bits per heavy atom. The second-order valence-corrected chi connectivity index (χ2v) is 6.95. The van der Waals surface area contributed by atoms with Crippen molar-refractivity contribution in [2.75, 3.05) is 13.7 Å². The van der Waals surface area contributed by atoms with Crippen LogP contribution in [0.3, 0.4) is 0 Å². The van der Waals surface area contributed by atoms with E-state index in [0.29, 0.717) is 6.54 Å². The van der Waals surface area contributed by atoms with Gasteiger partial charge in [0, 0.05) is 18.6 Å². The summed E-state index contributed by atoms with van der Waals surface area (Å²) in [4.78, 5) is 25.8. The minimum atomic E-state index is -0.532. The number of likely N-dealkylation sites (tertiary alicyclic amines) is 1. The first kappa shape index (κ1) is 19.5. The minimum absolute atomic E-state index is 0.00176. The first-order valence-corrected chi connectivity index (χ1v) is 8.13. The van der Waals surface area contributed by atoms with E-state index >= 15 is 0 Å². The van der Waals surface area contributed by atoms with E-state index in [9.17, 15) is 9.59 Å². The third-order valence-electron chi connectivity index (χ3n) is 3.88. The molecule has 1 aliphatic rings. The summed E-state index contributed by atoms with van der Waals surface area (Å²) >= 11 is 0. The van der Waals surface area contributed by atoms with Crippen molar-refractivity contribution in [1.29, 1.82) is 0 Å². The topological polar surface area (TPSA) is 67.9 Å². The van der Waals surface area contributed by atoms with E-state index in [2.05, 4.69) is 11.9 Å². The number of nitrogens with zero attached hydrogens (tertiary/aromatic N) is 1. The van der Waals surface area contributed by atoms with Gasteiger partial charge in [-0.2, -0.15) is 0 Å². The number of nitrogens with one attached hydrogen (secondary N) is 1. The molecule has 0 spiro atoms. The van der Waals surface area contributed by atoms with E-state index in [4.69, 9.17) is 9.47 Å². The fraction of sp³-hybridized carbons (Fsp3) is 0.765. The average molecular weight is 326 g/mol. The summed E-state index contributed by atoms with van der Waals surface area (Å²) in [5.74, 6) is -0.311. The summed E-state index contributed by atoms with van der Waals surface area (Å²) in [5, 5.41) is 3.14. The van der Waals surface area contributed by atoms with E-state index in [1.807, 2.05) is 26.8 Å². The van der Waals surface area contributed by atoms with Gasteiger partial charge < -0.3 is 19.7 Å². The van der Waals surface area contributed by atoms with Crippen molar-refractivity contribution in [3.63, 3.8) is 0 Å². The highest BCUT2D eigenvalue weighted by atomic mass is 16.6. The van der Waals surface area contributed by atoms with Crippen molar-refractivity contribution in [2.45, 2.75) is 70.7 Å². The standard InChI is InChI=1S/C17H30N2O4/c1-7-8-13-9-10-14(11-18-12(2)15(20)22-6)19(13)16(21)23-17(3,4)5/h7,12-14,18H,1,8-11H2,2-6H3/t12-,13?,14-/m0/s1. The van der Waals surface area contributed by atoms with Gasteiger partial charge in [-0.15, -0.1) is 6.58 Å². The zero-order chi connectivity index (χ0) is 17.6. The van der Waals surface area contributed by atoms with Crippen LogP contribution in [-0.4, -0.2) is 54.3 Å². The van der Waals surface area contributed by atoms with Crippen LogP contribution < -0.4 is 5.32 Å². The molecule has 3 atom stereocenters. The minimum Gasteiger partial charge on any atom is -0.468 e. The summed E-state index contributed by atoms with van der Waals surface area (Å²) in [6.45, 7) is 11.6. The predicted octanol–water partition coefficient (Wildman–Crippen LogP) is 2.48. The SMILES string of the molecule is C=CCC1CC[C@@H](CN[C@@H](C)C(=O)OC)N1C(=O)OC(C)(C)C. The van der Waals surface area contributed by atoms with E-state index in [0.717, 1.165) is 19.3 Å². The van der Waals surface area contributed by atoms with Crippen LogP contribution in [0.2, 0.25) is 0 Å². The van der Waals surface area contributed by atoms with Crippen LogP contribution in [0.15, 0.2) is 12.7 Å². The van der Waals surface area contributed by atoms with Gasteiger partial charge >= 0.3 is 12.1 Å². The van der Waals surface area contributed by atoms with E-state index < -0.39 is 11.6 Å². The molecule has 1 fully saturated rings. The van der Waals surface area contributed by atoms with E-state index in [1.54, 1.807) is 11.8 Å². The van der Waals surface area contributed by atoms with Crippen LogP contribution in [-0.2, 0) is 14.3 Å². The molecule has 1 heterocycles. The van der Waals surface area contributed by atoms with Crippen LogP contribution >= 0.6 is 0 Å². The summed E-state index contributed by atoms with van der Waals surface area (Å²) in [7, 11) is 1.36. The number of hydrogen-bond acceptors (Lipinski definition) is 5. The lowest BCUT2D eigenvalue weighted by Gasteiger charge is -2.32. The van der Waals surface area contributed by atoms with Crippen molar-refractivity contribution < 1.29 is 19.1 Å². The number of amides is 1. The van der Waals surface area contributed by atoms with Gasteiger partial charge in [-0.1, -0.05) is 6.08 Å². The molecule has 0 bridgehead atoms. The van der Waals surface area contributed by atoms with Gasteiger partial charge in [0.25, 0.3) is 0 Å². The molecular formula is C17H30N2O4. The Kier molecular flexibility index (Phi) is 7.06. The molecule has 1 amide bonds. The number of hydrogen-bond donors (Lipinski definition) is 1. The quantitative estimate of drug-likeness (QED) is 0.600. The van der Waals surface area contributed by atoms with Crippen molar-refractivity contribution in [3.8, 4) is 0 Å². The summed E-state index contributed by atoms with van der Waals surface area (Å²) in [5.41, 5.74) is -0.532. The van der Waals surface area contributed by atoms with Gasteiger partial charge in [-0.25, -0.2) is 4.79 Å². The zero-order valence-corrected chi connectivity index (χ0v) is 14.9. The Morgan fingerprint density at radius 3 is 2.48 bits per heavy atom. The molecule has 1 aliphatic heterocycles. The van der Waals surface area contributed by atoms with Crippen molar-refractivity contribution in [2.24, 2.45) is 0 Å². The van der Waals surface area contributed by atoms with Crippen LogP contribution in [0, 0.1) is 0 Å². The number of rotatable bonds is 6. The molecule has 0 aromatic rings. The molecule has 0 aromatic carbocycles. The lowest BCUT2D eigenvalue weighted by Crippen LogP contribution is -2.49. The largest absolute Gasteiger partial charge is 0.468 e. The zero-order valence-electron chi connectivity index (χ0n) is 14.9. The monoisotopic (exact) mass is 326 g/mol. The van der Waals surface area contributed by atoms with Gasteiger partial charge in [0.15, 0.2) is 0 Å². The first-order valence-electron chi connectivity index (χ1n) is 8.13. The van der Waals surface area contributed by atoms with Gasteiger partial charge in [0.05, 0.1) is 7.11 Å². The lowest BCUT2D eigenvalue weighted by molar-refractivity contribution is -0.142. The summed E-state index contributed by atoms with van der Waals surface area (Å²) < 4.78 is 10.2. The normalized spacial score (nSPS) is 22.6. The molecule has 0 aliphatic carbocycles. The molecule has 1 rings (SSSR count). The fourth-order valence-corrected chi connectivity index (χ4v) is 2.77. The Morgan fingerprint density at radius 2 is 1.96 bits per heavy atom. The summed E-state index contributed by atoms with van der Waals surface area (Å²) in [6.07, 6.45) is 4.04. The number of ether oxygens (including phenoxy) is 2. The Bertz CT molecular complexity index is 431. The molecule has 0 aromatic heterocycles. The van der Waals surface area contributed by atoms with Crippen LogP contribution in [0.5, 0.6) is 0 Å². The van der Waals surface area contributed by atoms with Gasteiger partial charge in [-0.05, 0) is 47.0 Å². The van der Waals surface area contributed by atoms with Crippen LogP contribution in [0.1, 0.15) is 47.0 Å². The molecule has 6 nitrogen and oxygen atoms in total. The number of methoxy groups -OCH3 is 1. The highest BCUT2D eigenvalue weighted by Crippen LogP contribution is 2.28. The average Bonchev–Trinajstić information content (AvgIpc) is 2.85. The molecule has 0 saturated carbocycles. The molecule has 0 radical (unpaired) electrons. The first-order chi connectivity index (χ1) is 10.7. The predicted molar refractivity (Wildman–Crippen MR) is 89.2 cm³/mol. The van der Waals surface area contributed by atoms with Gasteiger partial charge in [0.1, 0.15) is 11.6 Å². The van der Waals surface area contributed by atoms with Crippen molar-refractivity contribution in [1.82, 2.24) is 10.2 Å². The molecule has 23 heavy (non-hydrogen) atoms. The third kappa shape index (κ3) is 5.86. The lowest BCUT2D eigenvalue weighted by atomic mass is 10.1. The molecular weight excluding hydrogens is 296 g/mol. The number of esters is 1. The maximum atomic E-state index is 12.5. The molecule has 132 valence electrons. The Labute approximate surface area is 139 Å². The highest BCUT2D eigenvalue weighted by Gasteiger charge is 2.38. The van der Waals surface area contributed by atoms with Crippen molar-refractivity contribution >= 4 is 12.1 Å². The van der Waals surface area contributed by atoms with Gasteiger partial charge in [0.2, 0.25) is 0 Å². The smallest absolute Gasteiger partial charge is 0.410 e.